The van der Waals surface area contributed by atoms with Gasteiger partial charge in [-0.3, -0.25) is 5.10 Å². The molecule has 0 amide bonds. The highest BCUT2D eigenvalue weighted by molar-refractivity contribution is 5.90. The Morgan fingerprint density at radius 2 is 2.05 bits per heavy atom. The largest absolute Gasteiger partial charge is 0.397 e. The molecule has 0 aliphatic heterocycles. The third-order valence-corrected chi connectivity index (χ3v) is 3.34. The van der Waals surface area contributed by atoms with Gasteiger partial charge in [0.2, 0.25) is 0 Å². The lowest BCUT2D eigenvalue weighted by atomic mass is 10.1. The molecule has 4 nitrogen and oxygen atoms in total. The molecule has 0 aliphatic carbocycles. The van der Waals surface area contributed by atoms with Crippen molar-refractivity contribution in [1.29, 1.82) is 0 Å². The van der Waals surface area contributed by atoms with Crippen LogP contribution in [0.4, 0.5) is 17.1 Å². The molecule has 0 aliphatic rings. The summed E-state index contributed by atoms with van der Waals surface area (Å²) in [5.41, 5.74) is 11.2. The minimum absolute atomic E-state index is 0.748. The lowest BCUT2D eigenvalue weighted by molar-refractivity contribution is 1.12. The van der Waals surface area contributed by atoms with Crippen molar-refractivity contribution in [2.75, 3.05) is 17.7 Å². The molecule has 3 N–H and O–H groups in total. The first-order valence-corrected chi connectivity index (χ1v) is 6.18. The zero-order valence-corrected chi connectivity index (χ0v) is 11.0. The van der Waals surface area contributed by atoms with Crippen molar-refractivity contribution in [3.63, 3.8) is 0 Å². The van der Waals surface area contributed by atoms with Crippen LogP contribution in [0.1, 0.15) is 5.56 Å². The van der Waals surface area contributed by atoms with Crippen LogP contribution in [0.25, 0.3) is 10.9 Å². The van der Waals surface area contributed by atoms with Crippen LogP contribution in [0.15, 0.2) is 42.6 Å². The van der Waals surface area contributed by atoms with E-state index in [0.29, 0.717) is 0 Å². The smallest absolute Gasteiger partial charge is 0.0672 e. The van der Waals surface area contributed by atoms with E-state index in [9.17, 15) is 0 Å². The van der Waals surface area contributed by atoms with E-state index in [1.807, 2.05) is 25.2 Å². The molecule has 1 heterocycles. The molecule has 3 rings (SSSR count). The van der Waals surface area contributed by atoms with Crippen LogP contribution >= 0.6 is 0 Å². The Balaban J connectivity index is 2.10. The van der Waals surface area contributed by atoms with Crippen LogP contribution in [0.5, 0.6) is 0 Å². The first kappa shape index (κ1) is 11.6. The Bertz CT molecular complexity index is 730. The number of rotatable bonds is 2. The summed E-state index contributed by atoms with van der Waals surface area (Å²) in [5, 5.41) is 8.03. The SMILES string of the molecule is Cc1cccc(N(C)c2cc3[nH]ncc3cc2N)c1. The van der Waals surface area contributed by atoms with Gasteiger partial charge in [0.1, 0.15) is 0 Å². The van der Waals surface area contributed by atoms with Gasteiger partial charge in [-0.25, -0.2) is 0 Å². The number of anilines is 3. The second-order valence-electron chi connectivity index (χ2n) is 4.77. The first-order chi connectivity index (χ1) is 9.15. The summed E-state index contributed by atoms with van der Waals surface area (Å²) < 4.78 is 0. The number of H-pyrrole nitrogens is 1. The fraction of sp³-hybridized carbons (Fsp3) is 0.133. The Hall–Kier alpha value is -2.49. The van der Waals surface area contributed by atoms with Crippen LogP contribution in [0, 0.1) is 6.92 Å². The second-order valence-corrected chi connectivity index (χ2v) is 4.77. The average molecular weight is 252 g/mol. The van der Waals surface area contributed by atoms with Crippen molar-refractivity contribution in [3.8, 4) is 0 Å². The number of nitrogens with zero attached hydrogens (tertiary/aromatic N) is 2. The molecule has 0 saturated heterocycles. The van der Waals surface area contributed by atoms with Gasteiger partial charge in [-0.05, 0) is 36.8 Å². The fourth-order valence-electron chi connectivity index (χ4n) is 2.26. The minimum atomic E-state index is 0.748. The third kappa shape index (κ3) is 2.01. The quantitative estimate of drug-likeness (QED) is 0.688. The monoisotopic (exact) mass is 252 g/mol. The molecule has 1 aromatic heterocycles. The topological polar surface area (TPSA) is 57.9 Å². The van der Waals surface area contributed by atoms with E-state index in [4.69, 9.17) is 5.73 Å². The molecule has 0 atom stereocenters. The number of hydrogen-bond acceptors (Lipinski definition) is 3. The highest BCUT2D eigenvalue weighted by Crippen LogP contribution is 2.32. The summed E-state index contributed by atoms with van der Waals surface area (Å²) in [5.74, 6) is 0. The van der Waals surface area contributed by atoms with Crippen molar-refractivity contribution in [3.05, 3.63) is 48.2 Å². The molecule has 0 radical (unpaired) electrons. The maximum atomic E-state index is 6.14. The molecule has 0 saturated carbocycles. The van der Waals surface area contributed by atoms with Gasteiger partial charge < -0.3 is 10.6 Å². The molecular formula is C15H16N4. The van der Waals surface area contributed by atoms with Crippen molar-refractivity contribution in [2.45, 2.75) is 6.92 Å². The molecule has 0 bridgehead atoms. The Morgan fingerprint density at radius 3 is 2.84 bits per heavy atom. The van der Waals surface area contributed by atoms with E-state index in [2.05, 4.69) is 40.2 Å². The predicted octanol–water partition coefficient (Wildman–Crippen LogP) is 3.22. The van der Waals surface area contributed by atoms with Gasteiger partial charge >= 0.3 is 0 Å². The lowest BCUT2D eigenvalue weighted by Gasteiger charge is -2.21. The lowest BCUT2D eigenvalue weighted by Crippen LogP contribution is -2.11. The first-order valence-electron chi connectivity index (χ1n) is 6.18. The predicted molar refractivity (Wildman–Crippen MR) is 79.7 cm³/mol. The van der Waals surface area contributed by atoms with Gasteiger partial charge in [-0.15, -0.1) is 0 Å². The van der Waals surface area contributed by atoms with Crippen molar-refractivity contribution < 1.29 is 0 Å². The van der Waals surface area contributed by atoms with E-state index in [0.717, 1.165) is 28.0 Å². The summed E-state index contributed by atoms with van der Waals surface area (Å²) in [4.78, 5) is 2.09. The molecule has 4 heteroatoms. The van der Waals surface area contributed by atoms with Gasteiger partial charge in [0.05, 0.1) is 23.1 Å². The summed E-state index contributed by atoms with van der Waals surface area (Å²) in [6, 6.07) is 12.3. The van der Waals surface area contributed by atoms with Crippen LogP contribution in [0.3, 0.4) is 0 Å². The van der Waals surface area contributed by atoms with Crippen LogP contribution in [-0.4, -0.2) is 17.2 Å². The maximum Gasteiger partial charge on any atom is 0.0672 e. The standard InChI is InChI=1S/C15H16N4/c1-10-4-3-5-12(6-10)19(2)15-8-14-11(7-13(15)16)9-17-18-14/h3-9H,16H2,1-2H3,(H,17,18). The molecule has 96 valence electrons. The number of fused-ring (bicyclic) bond motifs is 1. The van der Waals surface area contributed by atoms with E-state index in [1.54, 1.807) is 6.20 Å². The highest BCUT2D eigenvalue weighted by Gasteiger charge is 2.10. The summed E-state index contributed by atoms with van der Waals surface area (Å²) in [6.45, 7) is 2.08. The molecule has 2 aromatic carbocycles. The average Bonchev–Trinajstić information content (AvgIpc) is 2.84. The minimum Gasteiger partial charge on any atom is -0.397 e. The van der Waals surface area contributed by atoms with Gasteiger partial charge in [-0.2, -0.15) is 5.10 Å². The zero-order chi connectivity index (χ0) is 13.4. The number of nitrogen functional groups attached to an aromatic ring is 1. The molecule has 0 unspecified atom stereocenters. The van der Waals surface area contributed by atoms with Gasteiger partial charge in [0.15, 0.2) is 0 Å². The number of aromatic amines is 1. The van der Waals surface area contributed by atoms with Gasteiger partial charge in [-0.1, -0.05) is 12.1 Å². The number of aromatic nitrogens is 2. The highest BCUT2D eigenvalue weighted by atomic mass is 15.1. The van der Waals surface area contributed by atoms with Crippen LogP contribution in [0.2, 0.25) is 0 Å². The van der Waals surface area contributed by atoms with Crippen molar-refractivity contribution in [1.82, 2.24) is 10.2 Å². The maximum absolute atomic E-state index is 6.14. The number of nitrogens with two attached hydrogens (primary N) is 1. The zero-order valence-electron chi connectivity index (χ0n) is 11.0. The van der Waals surface area contributed by atoms with Gasteiger partial charge in [0, 0.05) is 18.1 Å². The number of aryl methyl sites for hydroxylation is 1. The van der Waals surface area contributed by atoms with E-state index >= 15 is 0 Å². The summed E-state index contributed by atoms with van der Waals surface area (Å²) in [6.07, 6.45) is 1.78. The summed E-state index contributed by atoms with van der Waals surface area (Å²) >= 11 is 0. The third-order valence-electron chi connectivity index (χ3n) is 3.34. The fourth-order valence-corrected chi connectivity index (χ4v) is 2.26. The van der Waals surface area contributed by atoms with Crippen molar-refractivity contribution in [2.24, 2.45) is 0 Å². The summed E-state index contributed by atoms with van der Waals surface area (Å²) in [7, 11) is 2.02. The van der Waals surface area contributed by atoms with Crippen LogP contribution < -0.4 is 10.6 Å². The second kappa shape index (κ2) is 4.31. The van der Waals surface area contributed by atoms with Crippen molar-refractivity contribution >= 4 is 28.0 Å². The Kier molecular flexibility index (Phi) is 2.63. The number of benzene rings is 2. The van der Waals surface area contributed by atoms with Gasteiger partial charge in [0.25, 0.3) is 0 Å². The Labute approximate surface area is 111 Å². The molecule has 0 fully saturated rings. The number of nitrogens with one attached hydrogen (secondary N) is 1. The molecule has 0 spiro atoms. The van der Waals surface area contributed by atoms with Crippen LogP contribution in [-0.2, 0) is 0 Å². The van der Waals surface area contributed by atoms with E-state index < -0.39 is 0 Å². The molecular weight excluding hydrogens is 236 g/mol. The molecule has 3 aromatic rings. The van der Waals surface area contributed by atoms with E-state index in [1.165, 1.54) is 5.56 Å². The number of hydrogen-bond donors (Lipinski definition) is 2. The molecule has 19 heavy (non-hydrogen) atoms. The van der Waals surface area contributed by atoms with E-state index in [-0.39, 0.29) is 0 Å². The Morgan fingerprint density at radius 1 is 1.21 bits per heavy atom. The normalized spacial score (nSPS) is 10.8.